The highest BCUT2D eigenvalue weighted by molar-refractivity contribution is 5.79. The summed E-state index contributed by atoms with van der Waals surface area (Å²) in [7, 11) is 0. The summed E-state index contributed by atoms with van der Waals surface area (Å²) in [6.07, 6.45) is 1.34. The van der Waals surface area contributed by atoms with Crippen molar-refractivity contribution >= 4 is 5.91 Å². The van der Waals surface area contributed by atoms with Crippen LogP contribution in [0.15, 0.2) is 60.7 Å². The maximum absolute atomic E-state index is 12.9. The van der Waals surface area contributed by atoms with E-state index < -0.39 is 0 Å². The molecule has 1 unspecified atom stereocenters. The first-order valence-corrected chi connectivity index (χ1v) is 8.54. The molecule has 1 fully saturated rings. The number of amides is 1. The molecule has 0 N–H and O–H groups in total. The van der Waals surface area contributed by atoms with Crippen LogP contribution in [0.3, 0.4) is 0 Å². The Balaban J connectivity index is 1.68. The maximum atomic E-state index is 12.9. The van der Waals surface area contributed by atoms with E-state index in [0.717, 1.165) is 12.0 Å². The van der Waals surface area contributed by atoms with Crippen LogP contribution in [0.2, 0.25) is 0 Å². The van der Waals surface area contributed by atoms with Crippen molar-refractivity contribution in [2.24, 2.45) is 0 Å². The lowest BCUT2D eigenvalue weighted by Crippen LogP contribution is -2.59. The van der Waals surface area contributed by atoms with E-state index in [1.54, 1.807) is 0 Å². The molecule has 0 bridgehead atoms. The second-order valence-electron chi connectivity index (χ2n) is 7.10. The number of ether oxygens (including phenoxy) is 1. The molecule has 1 atom stereocenters. The summed E-state index contributed by atoms with van der Waals surface area (Å²) in [5.41, 5.74) is 2.04. The zero-order valence-corrected chi connectivity index (χ0v) is 14.4. The van der Waals surface area contributed by atoms with E-state index in [0.29, 0.717) is 19.6 Å². The van der Waals surface area contributed by atoms with Crippen molar-refractivity contribution in [3.8, 4) is 0 Å². The molecule has 1 heterocycles. The lowest BCUT2D eigenvalue weighted by Gasteiger charge is -2.45. The summed E-state index contributed by atoms with van der Waals surface area (Å²) in [6.45, 7) is 5.38. The van der Waals surface area contributed by atoms with Gasteiger partial charge in [-0.1, -0.05) is 60.7 Å². The molecular formula is C21H25NO2. The first-order chi connectivity index (χ1) is 11.5. The Hall–Kier alpha value is -2.13. The fraction of sp³-hybridized carbons (Fsp3) is 0.381. The fourth-order valence-electron chi connectivity index (χ4n) is 3.21. The van der Waals surface area contributed by atoms with Gasteiger partial charge in [-0.25, -0.2) is 0 Å². The molecule has 3 rings (SSSR count). The Labute approximate surface area is 144 Å². The number of carbonyl (C=O) groups is 1. The van der Waals surface area contributed by atoms with E-state index in [-0.39, 0.29) is 17.6 Å². The van der Waals surface area contributed by atoms with Gasteiger partial charge in [0.1, 0.15) is 0 Å². The van der Waals surface area contributed by atoms with Crippen LogP contribution in [0.4, 0.5) is 0 Å². The van der Waals surface area contributed by atoms with Gasteiger partial charge in [-0.15, -0.1) is 0 Å². The fourth-order valence-corrected chi connectivity index (χ4v) is 3.21. The minimum Gasteiger partial charge on any atom is -0.374 e. The summed E-state index contributed by atoms with van der Waals surface area (Å²) in [4.78, 5) is 14.8. The van der Waals surface area contributed by atoms with E-state index in [4.69, 9.17) is 4.74 Å². The van der Waals surface area contributed by atoms with Crippen LogP contribution >= 0.6 is 0 Å². The van der Waals surface area contributed by atoms with Crippen molar-refractivity contribution in [2.45, 2.75) is 38.3 Å². The molecule has 0 aliphatic carbocycles. The van der Waals surface area contributed by atoms with Crippen LogP contribution < -0.4 is 0 Å². The van der Waals surface area contributed by atoms with Gasteiger partial charge < -0.3 is 9.64 Å². The summed E-state index contributed by atoms with van der Waals surface area (Å²) in [5, 5.41) is 0. The van der Waals surface area contributed by atoms with Gasteiger partial charge in [0.15, 0.2) is 0 Å². The van der Waals surface area contributed by atoms with E-state index in [1.165, 1.54) is 5.56 Å². The summed E-state index contributed by atoms with van der Waals surface area (Å²) >= 11 is 0. The lowest BCUT2D eigenvalue weighted by atomic mass is 9.97. The van der Waals surface area contributed by atoms with Crippen molar-refractivity contribution < 1.29 is 9.53 Å². The summed E-state index contributed by atoms with van der Waals surface area (Å²) in [5.74, 6) is 0.174. The van der Waals surface area contributed by atoms with Gasteiger partial charge in [-0.3, -0.25) is 4.79 Å². The minimum atomic E-state index is -0.265. The van der Waals surface area contributed by atoms with Crippen molar-refractivity contribution in [3.63, 3.8) is 0 Å². The Bertz CT molecular complexity index is 667. The average Bonchev–Trinajstić information content (AvgIpc) is 2.58. The van der Waals surface area contributed by atoms with Crippen molar-refractivity contribution in [3.05, 3.63) is 71.8 Å². The molecule has 1 saturated heterocycles. The third kappa shape index (κ3) is 4.04. The Morgan fingerprint density at radius 2 is 1.62 bits per heavy atom. The number of carbonyl (C=O) groups excluding carboxylic acids is 1. The van der Waals surface area contributed by atoms with Gasteiger partial charge in [0, 0.05) is 13.0 Å². The van der Waals surface area contributed by atoms with E-state index in [2.05, 4.69) is 26.0 Å². The normalized spacial score (nSPS) is 19.9. The molecule has 24 heavy (non-hydrogen) atoms. The first kappa shape index (κ1) is 16.7. The summed E-state index contributed by atoms with van der Waals surface area (Å²) in [6, 6.07) is 20.3. The second-order valence-corrected chi connectivity index (χ2v) is 7.10. The van der Waals surface area contributed by atoms with Crippen LogP contribution in [0.5, 0.6) is 0 Å². The predicted octanol–water partition coefficient (Wildman–Crippen LogP) is 3.48. The predicted molar refractivity (Wildman–Crippen MR) is 95.8 cm³/mol. The lowest BCUT2D eigenvalue weighted by molar-refractivity contribution is -0.153. The monoisotopic (exact) mass is 323 g/mol. The number of benzene rings is 2. The third-order valence-electron chi connectivity index (χ3n) is 4.59. The number of nitrogens with zero attached hydrogens (tertiary/aromatic N) is 1. The van der Waals surface area contributed by atoms with E-state index in [1.807, 2.05) is 53.4 Å². The highest BCUT2D eigenvalue weighted by atomic mass is 16.5. The number of hydrogen-bond acceptors (Lipinski definition) is 2. The highest BCUT2D eigenvalue weighted by Crippen LogP contribution is 2.25. The van der Waals surface area contributed by atoms with E-state index >= 15 is 0 Å². The smallest absolute Gasteiger partial charge is 0.227 e. The molecule has 1 amide bonds. The van der Waals surface area contributed by atoms with Crippen LogP contribution in [0.25, 0.3) is 0 Å². The zero-order chi connectivity index (χ0) is 17.0. The summed E-state index contributed by atoms with van der Waals surface area (Å²) < 4.78 is 6.03. The molecule has 0 spiro atoms. The van der Waals surface area contributed by atoms with Crippen molar-refractivity contribution in [1.29, 1.82) is 0 Å². The molecule has 3 heteroatoms. The molecular weight excluding hydrogens is 298 g/mol. The highest BCUT2D eigenvalue weighted by Gasteiger charge is 2.37. The number of rotatable bonds is 4. The van der Waals surface area contributed by atoms with Crippen molar-refractivity contribution in [2.75, 3.05) is 13.2 Å². The Morgan fingerprint density at radius 3 is 2.25 bits per heavy atom. The van der Waals surface area contributed by atoms with Crippen LogP contribution in [0, 0.1) is 0 Å². The molecule has 2 aromatic rings. The standard InChI is InChI=1S/C21H25NO2/c1-21(2)16-24-19(13-17-9-5-3-6-10-17)15-22(21)20(23)14-18-11-7-4-8-12-18/h3-12,19H,13-16H2,1-2H3. The molecule has 2 aromatic carbocycles. The molecule has 0 saturated carbocycles. The number of morpholine rings is 1. The quantitative estimate of drug-likeness (QED) is 0.862. The molecule has 3 nitrogen and oxygen atoms in total. The van der Waals surface area contributed by atoms with Crippen LogP contribution in [0.1, 0.15) is 25.0 Å². The molecule has 1 aliphatic heterocycles. The zero-order valence-electron chi connectivity index (χ0n) is 14.4. The van der Waals surface area contributed by atoms with Crippen molar-refractivity contribution in [1.82, 2.24) is 4.90 Å². The van der Waals surface area contributed by atoms with Gasteiger partial charge in [0.2, 0.25) is 5.91 Å². The molecule has 0 radical (unpaired) electrons. The Morgan fingerprint density at radius 1 is 1.04 bits per heavy atom. The van der Waals surface area contributed by atoms with Crippen LogP contribution in [-0.2, 0) is 22.4 Å². The van der Waals surface area contributed by atoms with Gasteiger partial charge in [0.05, 0.1) is 24.7 Å². The topological polar surface area (TPSA) is 29.5 Å². The maximum Gasteiger partial charge on any atom is 0.227 e. The number of hydrogen-bond donors (Lipinski definition) is 0. The van der Waals surface area contributed by atoms with Gasteiger partial charge in [-0.05, 0) is 25.0 Å². The Kier molecular flexibility index (Phi) is 5.00. The third-order valence-corrected chi connectivity index (χ3v) is 4.59. The van der Waals surface area contributed by atoms with E-state index in [9.17, 15) is 4.79 Å². The second kappa shape index (κ2) is 7.18. The SMILES string of the molecule is CC1(C)COC(Cc2ccccc2)CN1C(=O)Cc1ccccc1. The molecule has 1 aliphatic rings. The molecule has 126 valence electrons. The first-order valence-electron chi connectivity index (χ1n) is 8.54. The van der Waals surface area contributed by atoms with Gasteiger partial charge in [0.25, 0.3) is 0 Å². The largest absolute Gasteiger partial charge is 0.374 e. The minimum absolute atomic E-state index is 0.0557. The molecule has 0 aromatic heterocycles. The van der Waals surface area contributed by atoms with Gasteiger partial charge >= 0.3 is 0 Å². The van der Waals surface area contributed by atoms with Crippen LogP contribution in [-0.4, -0.2) is 35.6 Å². The average molecular weight is 323 g/mol. The van der Waals surface area contributed by atoms with Gasteiger partial charge in [-0.2, -0.15) is 0 Å².